The Hall–Kier alpha value is -3.25. The van der Waals surface area contributed by atoms with Crippen LogP contribution in [0.1, 0.15) is 81.0 Å². The molecular weight excluding hydrogens is 676 g/mol. The minimum absolute atomic E-state index is 0. The summed E-state index contributed by atoms with van der Waals surface area (Å²) in [7, 11) is -8.52. The normalized spacial score (nSPS) is 22.2. The SMILES string of the molecule is CP(=O)([O-])Oc1c2c(c(OP(C)(=O)[O-])c3c1[C@H]1C[C@@H]3c3cc4cc5ccccc5cc4cc31)[C@H]1C[C@@H]2c2cc3cc4ccccc4cc3cc21.[Li+].[Li+]. The minimum atomic E-state index is -4.26. The average Bonchev–Trinajstić information content (AvgIpc) is 3.83. The predicted octanol–water partition coefficient (Wildman–Crippen LogP) is 3.39. The van der Waals surface area contributed by atoms with E-state index < -0.39 is 15.2 Å². The number of benzene rings is 7. The van der Waals surface area contributed by atoms with Gasteiger partial charge in [0.15, 0.2) is 15.2 Å². The Bertz CT molecular complexity index is 2470. The molecule has 0 saturated carbocycles. The van der Waals surface area contributed by atoms with Gasteiger partial charge in [0.05, 0.1) is 0 Å². The molecule has 0 spiro atoms. The molecule has 11 rings (SSSR count). The van der Waals surface area contributed by atoms with E-state index >= 15 is 0 Å². The first kappa shape index (κ1) is 34.5. The Morgan fingerprint density at radius 1 is 0.462 bits per heavy atom. The van der Waals surface area contributed by atoms with Gasteiger partial charge in [0.25, 0.3) is 0 Å². The van der Waals surface area contributed by atoms with Crippen molar-refractivity contribution < 1.29 is 65.7 Å². The van der Waals surface area contributed by atoms with E-state index in [-0.39, 0.29) is 61.4 Å². The summed E-state index contributed by atoms with van der Waals surface area (Å²) in [6, 6.07) is 34.4. The zero-order valence-corrected chi connectivity index (χ0v) is 31.1. The molecule has 0 fully saturated rings. The van der Waals surface area contributed by atoms with Gasteiger partial charge in [0.2, 0.25) is 0 Å². The van der Waals surface area contributed by atoms with Crippen LogP contribution < -0.4 is 56.6 Å². The van der Waals surface area contributed by atoms with Crippen LogP contribution in [0.2, 0.25) is 0 Å². The standard InChI is InChI=1S/C42H32O6P2.2Li/c1-49(43,44)47-41-37-33-19-35(31-17-27-13-23-9-5-3-7-21(23)11-25(27)15-29(31)33)39(37)42(48-50(2,45)46)40-36-20-34(38(40)41)30-16-26-12-22-8-4-6-10-24(22)14-28(26)18-32(30)36;;/h3-18,33-36H,19-20H2,1-2H3,(H,43,44)(H,45,46);;/q;2*+1/p-2/t33-,34+,35+,36-;;. The van der Waals surface area contributed by atoms with Gasteiger partial charge >= 0.3 is 37.7 Å². The second-order valence-corrected chi connectivity index (χ2v) is 18.2. The van der Waals surface area contributed by atoms with Crippen LogP contribution in [0.25, 0.3) is 43.1 Å². The van der Waals surface area contributed by atoms with Gasteiger partial charge in [-0.1, -0.05) is 72.8 Å². The molecule has 0 radical (unpaired) electrons. The summed E-state index contributed by atoms with van der Waals surface area (Å²) in [5.74, 6) is 0.153. The van der Waals surface area contributed by atoms with Crippen LogP contribution in [-0.4, -0.2) is 13.3 Å². The molecule has 0 amide bonds. The van der Waals surface area contributed by atoms with E-state index in [4.69, 9.17) is 9.05 Å². The molecule has 0 saturated heterocycles. The van der Waals surface area contributed by atoms with Crippen molar-refractivity contribution in [3.63, 3.8) is 0 Å². The number of hydrogen-bond donors (Lipinski definition) is 0. The summed E-state index contributed by atoms with van der Waals surface area (Å²) < 4.78 is 38.4. The van der Waals surface area contributed by atoms with E-state index in [0.717, 1.165) is 101 Å². The van der Waals surface area contributed by atoms with E-state index in [2.05, 4.69) is 72.8 Å². The van der Waals surface area contributed by atoms with Crippen molar-refractivity contribution in [2.45, 2.75) is 36.5 Å². The van der Waals surface area contributed by atoms with E-state index in [1.54, 1.807) is 0 Å². The first-order valence-corrected chi connectivity index (χ1v) is 21.1. The molecule has 0 N–H and O–H groups in total. The van der Waals surface area contributed by atoms with Gasteiger partial charge in [-0.05, 0) is 102 Å². The summed E-state index contributed by atoms with van der Waals surface area (Å²) in [5.41, 5.74) is 7.63. The first-order chi connectivity index (χ1) is 24.0. The molecule has 6 nitrogen and oxygen atoms in total. The second kappa shape index (κ2) is 11.6. The third-order valence-corrected chi connectivity index (χ3v) is 12.8. The molecule has 7 aromatic carbocycles. The number of hydrogen-bond acceptors (Lipinski definition) is 6. The van der Waals surface area contributed by atoms with Crippen LogP contribution >= 0.6 is 15.2 Å². The quantitative estimate of drug-likeness (QED) is 0.158. The zero-order valence-electron chi connectivity index (χ0n) is 29.3. The maximum absolute atomic E-state index is 13.1. The van der Waals surface area contributed by atoms with Gasteiger partial charge in [-0.25, -0.2) is 0 Å². The largest absolute Gasteiger partial charge is 1.00 e. The smallest absolute Gasteiger partial charge is 0.769 e. The maximum Gasteiger partial charge on any atom is 1.00 e. The van der Waals surface area contributed by atoms with Crippen molar-refractivity contribution >= 4 is 58.3 Å². The van der Waals surface area contributed by atoms with Crippen LogP contribution in [0.4, 0.5) is 0 Å². The number of fused-ring (bicyclic) bond motifs is 20. The summed E-state index contributed by atoms with van der Waals surface area (Å²) in [5, 5.41) is 9.09. The van der Waals surface area contributed by atoms with Crippen molar-refractivity contribution in [1.82, 2.24) is 0 Å². The maximum atomic E-state index is 13.1. The van der Waals surface area contributed by atoms with Crippen molar-refractivity contribution in [3.8, 4) is 11.5 Å². The molecule has 4 aliphatic carbocycles. The molecular formula is C42H30Li2O6P2. The monoisotopic (exact) mass is 706 g/mol. The molecule has 0 aromatic heterocycles. The van der Waals surface area contributed by atoms with Gasteiger partial charge in [-0.3, -0.25) is 9.13 Å². The molecule has 4 aliphatic rings. The van der Waals surface area contributed by atoms with Gasteiger partial charge < -0.3 is 18.8 Å². The van der Waals surface area contributed by atoms with Crippen molar-refractivity contribution in [3.05, 3.63) is 142 Å². The van der Waals surface area contributed by atoms with Crippen LogP contribution in [0.3, 0.4) is 0 Å². The van der Waals surface area contributed by atoms with Crippen molar-refractivity contribution in [2.75, 3.05) is 13.3 Å². The van der Waals surface area contributed by atoms with Gasteiger partial charge in [-0.15, -0.1) is 0 Å². The van der Waals surface area contributed by atoms with Crippen LogP contribution in [0.5, 0.6) is 11.5 Å². The van der Waals surface area contributed by atoms with Crippen LogP contribution in [0, 0.1) is 0 Å². The van der Waals surface area contributed by atoms with E-state index in [9.17, 15) is 18.9 Å². The van der Waals surface area contributed by atoms with Gasteiger partial charge in [-0.2, -0.15) is 0 Å². The molecule has 7 aromatic rings. The number of rotatable bonds is 4. The van der Waals surface area contributed by atoms with Gasteiger partial charge in [0.1, 0.15) is 11.5 Å². The molecule has 4 bridgehead atoms. The molecule has 6 atom stereocenters. The predicted molar refractivity (Wildman–Crippen MR) is 194 cm³/mol. The Balaban J connectivity index is 0.00000180. The molecule has 2 unspecified atom stereocenters. The fourth-order valence-corrected chi connectivity index (χ4v) is 11.1. The summed E-state index contributed by atoms with van der Waals surface area (Å²) in [6.45, 7) is 2.24. The summed E-state index contributed by atoms with van der Waals surface area (Å²) in [4.78, 5) is 26.2. The van der Waals surface area contributed by atoms with E-state index in [0.29, 0.717) is 24.3 Å². The zero-order chi connectivity index (χ0) is 33.8. The Morgan fingerprint density at radius 2 is 0.712 bits per heavy atom. The van der Waals surface area contributed by atoms with Crippen molar-refractivity contribution in [2.24, 2.45) is 0 Å². The van der Waals surface area contributed by atoms with Crippen LogP contribution in [-0.2, 0) is 9.13 Å². The van der Waals surface area contributed by atoms with E-state index in [1.165, 1.54) is 0 Å². The van der Waals surface area contributed by atoms with Crippen molar-refractivity contribution in [1.29, 1.82) is 0 Å². The summed E-state index contributed by atoms with van der Waals surface area (Å²) in [6.07, 6.45) is 1.41. The second-order valence-electron chi connectivity index (χ2n) is 14.8. The topological polar surface area (TPSA) is 98.7 Å². The third kappa shape index (κ3) is 4.94. The fourth-order valence-electron chi connectivity index (χ4n) is 10.0. The molecule has 52 heavy (non-hydrogen) atoms. The molecule has 246 valence electrons. The van der Waals surface area contributed by atoms with Crippen LogP contribution in [0.15, 0.2) is 97.1 Å². The molecule has 0 heterocycles. The minimum Gasteiger partial charge on any atom is -0.769 e. The molecule has 10 heteroatoms. The third-order valence-electron chi connectivity index (χ3n) is 11.7. The average molecular weight is 707 g/mol. The Morgan fingerprint density at radius 3 is 0.942 bits per heavy atom. The summed E-state index contributed by atoms with van der Waals surface area (Å²) >= 11 is 0. The molecule has 0 aliphatic heterocycles. The first-order valence-electron chi connectivity index (χ1n) is 17.1. The van der Waals surface area contributed by atoms with Gasteiger partial charge in [0, 0.05) is 59.3 Å². The fraction of sp³-hybridized carbons (Fsp3) is 0.190. The Labute approximate surface area is 325 Å². The Kier molecular flexibility index (Phi) is 7.72. The van der Waals surface area contributed by atoms with E-state index in [1.807, 2.05) is 24.3 Å².